The van der Waals surface area contributed by atoms with Crippen molar-refractivity contribution in [3.05, 3.63) is 23.9 Å². The summed E-state index contributed by atoms with van der Waals surface area (Å²) in [6.07, 6.45) is 2.65. The van der Waals surface area contributed by atoms with Crippen molar-refractivity contribution < 1.29 is 8.42 Å². The van der Waals surface area contributed by atoms with Gasteiger partial charge in [-0.2, -0.15) is 0 Å². The fourth-order valence-electron chi connectivity index (χ4n) is 0.782. The highest BCUT2D eigenvalue weighted by molar-refractivity contribution is 7.92. The maximum atomic E-state index is 10.8. The quantitative estimate of drug-likeness (QED) is 0.820. The molecule has 80 valence electrons. The minimum Gasteiger partial charge on any atom is -0.268 e. The number of sulfonamides is 1. The van der Waals surface area contributed by atoms with Crippen molar-refractivity contribution in [1.82, 2.24) is 4.98 Å². The third-order valence-corrected chi connectivity index (χ3v) is 1.79. The molecule has 1 N–H and O–H groups in total. The monoisotopic (exact) mass is 216 g/mol. The summed E-state index contributed by atoms with van der Waals surface area (Å²) in [6, 6.07) is 3.47. The third kappa shape index (κ3) is 5.53. The first-order valence-electron chi connectivity index (χ1n) is 4.38. The number of aryl methyl sites for hydroxylation is 1. The smallest absolute Gasteiger partial charge is 0.230 e. The third-order valence-electron chi connectivity index (χ3n) is 1.21. The Kier molecular flexibility index (Phi) is 5.15. The highest BCUT2D eigenvalue weighted by Crippen LogP contribution is 2.06. The molecule has 14 heavy (non-hydrogen) atoms. The summed E-state index contributed by atoms with van der Waals surface area (Å²) in [5.41, 5.74) is 0.969. The van der Waals surface area contributed by atoms with Gasteiger partial charge in [-0.1, -0.05) is 13.8 Å². The fourth-order valence-corrected chi connectivity index (χ4v) is 1.27. The molecule has 1 aromatic heterocycles. The summed E-state index contributed by atoms with van der Waals surface area (Å²) < 4.78 is 23.8. The van der Waals surface area contributed by atoms with Crippen LogP contribution in [0.15, 0.2) is 18.3 Å². The zero-order chi connectivity index (χ0) is 11.2. The Morgan fingerprint density at radius 2 is 1.93 bits per heavy atom. The van der Waals surface area contributed by atoms with Gasteiger partial charge < -0.3 is 0 Å². The van der Waals surface area contributed by atoms with Gasteiger partial charge in [0.25, 0.3) is 0 Å². The summed E-state index contributed by atoms with van der Waals surface area (Å²) in [4.78, 5) is 3.83. The number of anilines is 1. The molecule has 0 aliphatic carbocycles. The molecule has 0 saturated carbocycles. The van der Waals surface area contributed by atoms with Crippen molar-refractivity contribution in [1.29, 1.82) is 0 Å². The number of hydrogen-bond acceptors (Lipinski definition) is 3. The number of pyridine rings is 1. The van der Waals surface area contributed by atoms with E-state index < -0.39 is 10.0 Å². The van der Waals surface area contributed by atoms with Crippen LogP contribution in [-0.2, 0) is 10.0 Å². The molecule has 0 amide bonds. The highest BCUT2D eigenvalue weighted by atomic mass is 32.2. The van der Waals surface area contributed by atoms with Gasteiger partial charge >= 0.3 is 0 Å². The average molecular weight is 216 g/mol. The van der Waals surface area contributed by atoms with Crippen LogP contribution < -0.4 is 4.72 Å². The number of nitrogens with zero attached hydrogens (tertiary/aromatic N) is 1. The SMILES string of the molecule is CC.Cc1ccnc(NS(C)(=O)=O)c1. The van der Waals surface area contributed by atoms with Crippen molar-refractivity contribution in [3.63, 3.8) is 0 Å². The van der Waals surface area contributed by atoms with E-state index in [4.69, 9.17) is 0 Å². The first kappa shape index (κ1) is 12.9. The second-order valence-electron chi connectivity index (χ2n) is 2.59. The standard InChI is InChI=1S/C7H10N2O2S.C2H6/c1-6-3-4-8-7(5-6)9-12(2,10)11;1-2/h3-5H,1-2H3,(H,8,9);1-2H3. The van der Waals surface area contributed by atoms with Gasteiger partial charge in [0.2, 0.25) is 10.0 Å². The van der Waals surface area contributed by atoms with E-state index in [1.165, 1.54) is 0 Å². The molecule has 0 aromatic carbocycles. The number of aromatic nitrogens is 1. The first-order valence-corrected chi connectivity index (χ1v) is 6.27. The van der Waals surface area contributed by atoms with Crippen LogP contribution in [0.4, 0.5) is 5.82 Å². The fraction of sp³-hybridized carbons (Fsp3) is 0.444. The van der Waals surface area contributed by atoms with Gasteiger partial charge in [0.15, 0.2) is 0 Å². The summed E-state index contributed by atoms with van der Waals surface area (Å²) in [7, 11) is -3.21. The number of rotatable bonds is 2. The van der Waals surface area contributed by atoms with E-state index in [0.29, 0.717) is 5.82 Å². The van der Waals surface area contributed by atoms with Gasteiger partial charge in [-0.3, -0.25) is 4.72 Å². The van der Waals surface area contributed by atoms with Crippen molar-refractivity contribution >= 4 is 15.8 Å². The minimum atomic E-state index is -3.21. The van der Waals surface area contributed by atoms with Crippen LogP contribution >= 0.6 is 0 Å². The van der Waals surface area contributed by atoms with E-state index in [1.807, 2.05) is 20.8 Å². The lowest BCUT2D eigenvalue weighted by Gasteiger charge is -2.01. The summed E-state index contributed by atoms with van der Waals surface area (Å²) in [5.74, 6) is 0.359. The van der Waals surface area contributed by atoms with Gasteiger partial charge in [0, 0.05) is 6.20 Å². The summed E-state index contributed by atoms with van der Waals surface area (Å²) >= 11 is 0. The normalized spacial score (nSPS) is 10.0. The van der Waals surface area contributed by atoms with Gasteiger partial charge in [0.05, 0.1) is 6.26 Å². The molecule has 4 nitrogen and oxygen atoms in total. The first-order chi connectivity index (χ1) is 6.47. The molecule has 0 aliphatic heterocycles. The van der Waals surface area contributed by atoms with E-state index in [0.717, 1.165) is 11.8 Å². The van der Waals surface area contributed by atoms with Crippen molar-refractivity contribution in [2.45, 2.75) is 20.8 Å². The highest BCUT2D eigenvalue weighted by Gasteiger charge is 2.01. The Morgan fingerprint density at radius 3 is 2.36 bits per heavy atom. The van der Waals surface area contributed by atoms with Crippen LogP contribution in [0, 0.1) is 6.92 Å². The zero-order valence-corrected chi connectivity index (χ0v) is 9.72. The molecule has 0 fully saturated rings. The second-order valence-corrected chi connectivity index (χ2v) is 4.34. The molecular formula is C9H16N2O2S. The summed E-state index contributed by atoms with van der Waals surface area (Å²) in [5, 5.41) is 0. The molecule has 0 bridgehead atoms. The maximum absolute atomic E-state index is 10.8. The summed E-state index contributed by atoms with van der Waals surface area (Å²) in [6.45, 7) is 5.87. The molecular weight excluding hydrogens is 200 g/mol. The molecule has 5 heteroatoms. The molecule has 1 aromatic rings. The Balaban J connectivity index is 0.000000791. The van der Waals surface area contributed by atoms with Gasteiger partial charge in [0.1, 0.15) is 5.82 Å². The van der Waals surface area contributed by atoms with Crippen LogP contribution in [-0.4, -0.2) is 19.7 Å². The second kappa shape index (κ2) is 5.59. The zero-order valence-electron chi connectivity index (χ0n) is 8.90. The van der Waals surface area contributed by atoms with E-state index >= 15 is 0 Å². The Bertz CT molecular complexity index is 374. The van der Waals surface area contributed by atoms with Gasteiger partial charge in [-0.15, -0.1) is 0 Å². The lowest BCUT2D eigenvalue weighted by atomic mass is 10.3. The van der Waals surface area contributed by atoms with Crippen molar-refractivity contribution in [2.75, 3.05) is 11.0 Å². The Hall–Kier alpha value is -1.10. The predicted octanol–water partition coefficient (Wildman–Crippen LogP) is 1.79. The molecule has 0 unspecified atom stereocenters. The minimum absolute atomic E-state index is 0.359. The molecule has 1 heterocycles. The van der Waals surface area contributed by atoms with E-state index in [-0.39, 0.29) is 0 Å². The molecule has 0 atom stereocenters. The van der Waals surface area contributed by atoms with Gasteiger partial charge in [-0.05, 0) is 24.6 Å². The Morgan fingerprint density at radius 1 is 1.36 bits per heavy atom. The van der Waals surface area contributed by atoms with Crippen LogP contribution in [0.2, 0.25) is 0 Å². The van der Waals surface area contributed by atoms with Gasteiger partial charge in [-0.25, -0.2) is 13.4 Å². The van der Waals surface area contributed by atoms with Crippen molar-refractivity contribution in [2.24, 2.45) is 0 Å². The molecule has 0 aliphatic rings. The van der Waals surface area contributed by atoms with E-state index in [2.05, 4.69) is 9.71 Å². The molecule has 0 saturated heterocycles. The van der Waals surface area contributed by atoms with Crippen molar-refractivity contribution in [3.8, 4) is 0 Å². The lowest BCUT2D eigenvalue weighted by Crippen LogP contribution is -2.10. The number of nitrogens with one attached hydrogen (secondary N) is 1. The lowest BCUT2D eigenvalue weighted by molar-refractivity contribution is 0.606. The van der Waals surface area contributed by atoms with E-state index in [1.54, 1.807) is 18.3 Å². The molecule has 0 spiro atoms. The molecule has 1 rings (SSSR count). The van der Waals surface area contributed by atoms with E-state index in [9.17, 15) is 8.42 Å². The largest absolute Gasteiger partial charge is 0.268 e. The number of hydrogen-bond donors (Lipinski definition) is 1. The maximum Gasteiger partial charge on any atom is 0.230 e. The van der Waals surface area contributed by atoms with Crippen LogP contribution in [0.5, 0.6) is 0 Å². The van der Waals surface area contributed by atoms with Crippen LogP contribution in [0.1, 0.15) is 19.4 Å². The topological polar surface area (TPSA) is 59.1 Å². The van der Waals surface area contributed by atoms with Crippen LogP contribution in [0.25, 0.3) is 0 Å². The average Bonchev–Trinajstić information content (AvgIpc) is 2.04. The van der Waals surface area contributed by atoms with Crippen LogP contribution in [0.3, 0.4) is 0 Å². The Labute approximate surface area is 85.4 Å². The predicted molar refractivity (Wildman–Crippen MR) is 58.8 cm³/mol. The molecule has 0 radical (unpaired) electrons.